The first kappa shape index (κ1) is 14.1. The van der Waals surface area contributed by atoms with Crippen molar-refractivity contribution in [3.05, 3.63) is 0 Å². The van der Waals surface area contributed by atoms with Gasteiger partial charge < -0.3 is 4.12 Å². The van der Waals surface area contributed by atoms with E-state index in [2.05, 4.69) is 31.2 Å². The maximum Gasteiger partial charge on any atom is 0.233 e. The first-order chi connectivity index (χ1) is 5.52. The Labute approximate surface area is 102 Å². The molecule has 0 saturated heterocycles. The monoisotopic (exact) mass is 414 g/mol. The van der Waals surface area contributed by atoms with Crippen molar-refractivity contribution in [2.75, 3.05) is 12.3 Å². The minimum Gasteiger partial charge on any atom is -0.454 e. The van der Waals surface area contributed by atoms with Gasteiger partial charge in [0.05, 0.1) is 4.67 Å². The van der Waals surface area contributed by atoms with Crippen LogP contribution in [-0.4, -0.2) is 34.3 Å². The Morgan fingerprint density at radius 3 is 2.46 bits per heavy atom. The third-order valence-corrected chi connectivity index (χ3v) is 9.76. The smallest absolute Gasteiger partial charge is 0.233 e. The van der Waals surface area contributed by atoms with Crippen molar-refractivity contribution < 1.29 is 25.2 Å². The molecule has 0 aliphatic carbocycles. The molecule has 0 atom stereocenters. The SMILES string of the molecule is C[SiH](C)O[Si](C)(C)C1=NCCS1.[Pt]. The topological polar surface area (TPSA) is 21.6 Å². The van der Waals surface area contributed by atoms with E-state index >= 15 is 0 Å². The summed E-state index contributed by atoms with van der Waals surface area (Å²) < 4.78 is 7.37. The number of rotatable bonds is 3. The van der Waals surface area contributed by atoms with Gasteiger partial charge in [0.25, 0.3) is 0 Å². The molecule has 0 amide bonds. The van der Waals surface area contributed by atoms with Crippen LogP contribution in [0.2, 0.25) is 26.2 Å². The number of thioether (sulfide) groups is 1. The average molecular weight is 415 g/mol. The van der Waals surface area contributed by atoms with Crippen LogP contribution < -0.4 is 0 Å². The number of hydrogen-bond donors (Lipinski definition) is 0. The van der Waals surface area contributed by atoms with Gasteiger partial charge in [-0.05, 0) is 26.2 Å². The molecule has 1 heterocycles. The fourth-order valence-corrected chi connectivity index (χ4v) is 9.64. The van der Waals surface area contributed by atoms with Gasteiger partial charge in [0.15, 0.2) is 9.04 Å². The maximum atomic E-state index is 6.05. The van der Waals surface area contributed by atoms with E-state index in [0.29, 0.717) is 0 Å². The molecule has 0 spiro atoms. The van der Waals surface area contributed by atoms with Gasteiger partial charge in [-0.1, -0.05) is 0 Å². The predicted octanol–water partition coefficient (Wildman–Crippen LogP) is 1.87. The molecular weight excluding hydrogens is 397 g/mol. The summed E-state index contributed by atoms with van der Waals surface area (Å²) in [6, 6.07) is 0. The van der Waals surface area contributed by atoms with Crippen molar-refractivity contribution in [2.24, 2.45) is 4.99 Å². The molecule has 6 heteroatoms. The van der Waals surface area contributed by atoms with Crippen LogP contribution in [0.15, 0.2) is 4.99 Å². The van der Waals surface area contributed by atoms with Crippen LogP contribution in [-0.2, 0) is 25.2 Å². The first-order valence-corrected chi connectivity index (χ1v) is 11.1. The van der Waals surface area contributed by atoms with Crippen LogP contribution in [0, 0.1) is 0 Å². The Morgan fingerprint density at radius 1 is 1.46 bits per heavy atom. The Kier molecular flexibility index (Phi) is 6.35. The Morgan fingerprint density at radius 2 is 2.08 bits per heavy atom. The van der Waals surface area contributed by atoms with Gasteiger partial charge in [-0.15, -0.1) is 11.8 Å². The van der Waals surface area contributed by atoms with Gasteiger partial charge in [0.2, 0.25) is 8.32 Å². The zero-order chi connectivity index (χ0) is 9.19. The molecule has 0 N–H and O–H groups in total. The van der Waals surface area contributed by atoms with Crippen molar-refractivity contribution >= 4 is 33.8 Å². The molecule has 0 unspecified atom stereocenters. The van der Waals surface area contributed by atoms with Crippen LogP contribution in [0.3, 0.4) is 0 Å². The maximum absolute atomic E-state index is 6.05. The first-order valence-electron chi connectivity index (χ1n) is 4.38. The standard InChI is InChI=1S/C7H17NOSSi2.Pt/c1-11(2)9-12(3,4)7-8-5-6-10-7;/h11H,5-6H2,1-4H3;. The van der Waals surface area contributed by atoms with Crippen LogP contribution >= 0.6 is 11.8 Å². The molecule has 1 aliphatic heterocycles. The summed E-state index contributed by atoms with van der Waals surface area (Å²) in [7, 11) is -2.44. The largest absolute Gasteiger partial charge is 0.454 e. The fraction of sp³-hybridized carbons (Fsp3) is 0.857. The van der Waals surface area contributed by atoms with E-state index in [9.17, 15) is 0 Å². The molecule has 0 aromatic rings. The van der Waals surface area contributed by atoms with Crippen molar-refractivity contribution in [3.8, 4) is 0 Å². The van der Waals surface area contributed by atoms with E-state index in [4.69, 9.17) is 4.12 Å². The Hall–Kier alpha value is 1.10. The summed E-state index contributed by atoms with van der Waals surface area (Å²) in [4.78, 5) is 4.50. The summed E-state index contributed by atoms with van der Waals surface area (Å²) in [5.41, 5.74) is 0. The van der Waals surface area contributed by atoms with Gasteiger partial charge in [-0.3, -0.25) is 4.99 Å². The minimum atomic E-state index is -1.56. The molecule has 13 heavy (non-hydrogen) atoms. The fourth-order valence-electron chi connectivity index (χ4n) is 1.34. The Balaban J connectivity index is 0.00000144. The molecule has 0 aromatic carbocycles. The van der Waals surface area contributed by atoms with Gasteiger partial charge >= 0.3 is 0 Å². The van der Waals surface area contributed by atoms with E-state index in [1.165, 1.54) is 4.67 Å². The molecule has 0 radical (unpaired) electrons. The third-order valence-electron chi connectivity index (χ3n) is 1.63. The predicted molar refractivity (Wildman–Crippen MR) is 62.2 cm³/mol. The molecule has 0 bridgehead atoms. The Bertz CT molecular complexity index is 199. The molecule has 1 aliphatic rings. The summed E-state index contributed by atoms with van der Waals surface area (Å²) in [6.45, 7) is 9.98. The quantitative estimate of drug-likeness (QED) is 0.658. The number of aliphatic imine (C=N–C) groups is 1. The van der Waals surface area contributed by atoms with Crippen LogP contribution in [0.4, 0.5) is 0 Å². The molecule has 80 valence electrons. The van der Waals surface area contributed by atoms with Crippen molar-refractivity contribution in [2.45, 2.75) is 26.2 Å². The van der Waals surface area contributed by atoms with Crippen LogP contribution in [0.1, 0.15) is 0 Å². The molecule has 1 rings (SSSR count). The van der Waals surface area contributed by atoms with E-state index < -0.39 is 17.4 Å². The van der Waals surface area contributed by atoms with E-state index in [1.54, 1.807) is 0 Å². The third kappa shape index (κ3) is 4.43. The number of hydrogen-bond acceptors (Lipinski definition) is 3. The van der Waals surface area contributed by atoms with Gasteiger partial charge in [-0.2, -0.15) is 0 Å². The van der Waals surface area contributed by atoms with E-state index in [0.717, 1.165) is 12.3 Å². The van der Waals surface area contributed by atoms with Crippen molar-refractivity contribution in [1.82, 2.24) is 0 Å². The van der Waals surface area contributed by atoms with Gasteiger partial charge in [0, 0.05) is 33.4 Å². The van der Waals surface area contributed by atoms with Crippen molar-refractivity contribution in [3.63, 3.8) is 0 Å². The molecule has 2 nitrogen and oxygen atoms in total. The second-order valence-electron chi connectivity index (χ2n) is 3.71. The van der Waals surface area contributed by atoms with Crippen LogP contribution in [0.25, 0.3) is 0 Å². The van der Waals surface area contributed by atoms with Gasteiger partial charge in [0.1, 0.15) is 0 Å². The summed E-state index contributed by atoms with van der Waals surface area (Å²) in [5, 5.41) is 0. The zero-order valence-corrected chi connectivity index (χ0v) is 13.8. The summed E-state index contributed by atoms with van der Waals surface area (Å²) in [5.74, 6) is 1.16. The van der Waals surface area contributed by atoms with E-state index in [1.807, 2.05) is 11.8 Å². The minimum absolute atomic E-state index is 0. The zero-order valence-electron chi connectivity index (χ0n) is 8.57. The van der Waals surface area contributed by atoms with Crippen LogP contribution in [0.5, 0.6) is 0 Å². The summed E-state index contributed by atoms with van der Waals surface area (Å²) >= 11 is 1.90. The van der Waals surface area contributed by atoms with Crippen molar-refractivity contribution in [1.29, 1.82) is 0 Å². The molecule has 0 saturated carbocycles. The van der Waals surface area contributed by atoms with E-state index in [-0.39, 0.29) is 21.1 Å². The molecule has 0 aromatic heterocycles. The average Bonchev–Trinajstić information content (AvgIpc) is 2.32. The number of nitrogens with zero attached hydrogens (tertiary/aromatic N) is 1. The molecular formula is C7H17NOPtSSi2. The van der Waals surface area contributed by atoms with Gasteiger partial charge in [-0.25, -0.2) is 0 Å². The molecule has 0 fully saturated rings. The second-order valence-corrected chi connectivity index (χ2v) is 11.7. The summed E-state index contributed by atoms with van der Waals surface area (Å²) in [6.07, 6.45) is 0. The normalized spacial score (nSPS) is 17.2. The second kappa shape index (κ2) is 5.86.